The summed E-state index contributed by atoms with van der Waals surface area (Å²) in [6.07, 6.45) is -1.94. The van der Waals surface area contributed by atoms with Gasteiger partial charge in [-0.1, -0.05) is 0 Å². The number of halogens is 3. The van der Waals surface area contributed by atoms with Gasteiger partial charge in [-0.15, -0.1) is 0 Å². The molecule has 0 saturated carbocycles. The molecule has 4 rings (SSSR count). The largest absolute Gasteiger partial charge is 0.340 e. The third-order valence-electron chi connectivity index (χ3n) is 6.04. The molecule has 178 valence electrons. The van der Waals surface area contributed by atoms with Crippen LogP contribution in [0.4, 0.5) is 23.7 Å². The average molecular weight is 464 g/mol. The first kappa shape index (κ1) is 23.1. The Balaban J connectivity index is 1.50. The van der Waals surface area contributed by atoms with E-state index in [1.165, 1.54) is 12.1 Å². The van der Waals surface area contributed by atoms with Crippen LogP contribution in [-0.2, 0) is 19.5 Å². The van der Waals surface area contributed by atoms with Crippen molar-refractivity contribution in [3.63, 3.8) is 0 Å². The van der Waals surface area contributed by atoms with Crippen LogP contribution >= 0.6 is 0 Å². The molecule has 2 aromatic rings. The van der Waals surface area contributed by atoms with Gasteiger partial charge in [0.1, 0.15) is 11.5 Å². The van der Waals surface area contributed by atoms with E-state index in [0.29, 0.717) is 55.1 Å². The van der Waals surface area contributed by atoms with E-state index in [1.807, 2.05) is 0 Å². The number of anilines is 1. The zero-order chi connectivity index (χ0) is 23.7. The number of nitrogens with zero attached hydrogens (tertiary/aromatic N) is 4. The van der Waals surface area contributed by atoms with E-state index in [1.54, 1.807) is 34.5 Å². The molecule has 0 bridgehead atoms. The van der Waals surface area contributed by atoms with Crippen molar-refractivity contribution in [1.82, 2.24) is 24.9 Å². The topological polar surface area (TPSA) is 82.5 Å². The second kappa shape index (κ2) is 9.42. The number of fused-ring (bicyclic) bond motifs is 3. The maximum absolute atomic E-state index is 13.5. The standard InChI is InChI=1S/C22H27F3N6O2/c1-13-7-15(3-4-17(13)23)27-22(33)30-6-5-18-16(12-30)20-21(32)29(2)10-14(11-31(20)28-18)8-26-9-19(24)25/h3-4,7,14,19,26H,5-6,8-12H2,1-2H3,(H,27,33)/t14-/m1/s1. The van der Waals surface area contributed by atoms with E-state index in [0.717, 1.165) is 5.69 Å². The van der Waals surface area contributed by atoms with Gasteiger partial charge < -0.3 is 20.4 Å². The Morgan fingerprint density at radius 2 is 2.09 bits per heavy atom. The lowest BCUT2D eigenvalue weighted by molar-refractivity contribution is 0.0776. The second-order valence-electron chi connectivity index (χ2n) is 8.62. The molecule has 1 aromatic carbocycles. The summed E-state index contributed by atoms with van der Waals surface area (Å²) in [5.74, 6) is -0.610. The van der Waals surface area contributed by atoms with Crippen LogP contribution in [0.25, 0.3) is 0 Å². The van der Waals surface area contributed by atoms with Gasteiger partial charge in [-0.2, -0.15) is 5.10 Å². The van der Waals surface area contributed by atoms with Gasteiger partial charge in [-0.25, -0.2) is 18.0 Å². The summed E-state index contributed by atoms with van der Waals surface area (Å²) in [5.41, 5.74) is 2.86. The van der Waals surface area contributed by atoms with Crippen LogP contribution in [0, 0.1) is 18.7 Å². The van der Waals surface area contributed by atoms with E-state index in [9.17, 15) is 22.8 Å². The normalized spacial score (nSPS) is 18.2. The van der Waals surface area contributed by atoms with Gasteiger partial charge in [0.2, 0.25) is 0 Å². The SMILES string of the molecule is Cc1cc(NC(=O)N2CCc3nn4c(c3C2)C(=O)N(C)C[C@@H](CNCC(F)F)C4)ccc1F. The molecule has 3 amide bonds. The number of alkyl halides is 2. The average Bonchev–Trinajstić information content (AvgIpc) is 3.06. The number of amides is 3. The number of hydrogen-bond donors (Lipinski definition) is 2. The van der Waals surface area contributed by atoms with Gasteiger partial charge in [0.15, 0.2) is 0 Å². The Hall–Kier alpha value is -3.08. The van der Waals surface area contributed by atoms with Crippen molar-refractivity contribution in [3.8, 4) is 0 Å². The Labute approximate surface area is 189 Å². The molecule has 33 heavy (non-hydrogen) atoms. The molecule has 2 N–H and O–H groups in total. The molecule has 0 fully saturated rings. The van der Waals surface area contributed by atoms with Gasteiger partial charge in [0.05, 0.1) is 18.8 Å². The van der Waals surface area contributed by atoms with Crippen LogP contribution in [0.2, 0.25) is 0 Å². The lowest BCUT2D eigenvalue weighted by Crippen LogP contribution is -2.40. The maximum atomic E-state index is 13.5. The molecular weight excluding hydrogens is 437 g/mol. The van der Waals surface area contributed by atoms with E-state index >= 15 is 0 Å². The van der Waals surface area contributed by atoms with Crippen molar-refractivity contribution in [3.05, 3.63) is 46.5 Å². The fraction of sp³-hybridized carbons (Fsp3) is 0.500. The minimum Gasteiger partial charge on any atom is -0.340 e. The Morgan fingerprint density at radius 1 is 1.30 bits per heavy atom. The third-order valence-corrected chi connectivity index (χ3v) is 6.04. The number of aromatic nitrogens is 2. The summed E-state index contributed by atoms with van der Waals surface area (Å²) < 4.78 is 40.1. The molecule has 8 nitrogen and oxygen atoms in total. The number of benzene rings is 1. The zero-order valence-corrected chi connectivity index (χ0v) is 18.6. The molecule has 0 radical (unpaired) electrons. The van der Waals surface area contributed by atoms with Gasteiger partial charge in [-0.05, 0) is 30.7 Å². The van der Waals surface area contributed by atoms with Gasteiger partial charge in [0, 0.05) is 56.8 Å². The van der Waals surface area contributed by atoms with Crippen LogP contribution in [-0.4, -0.2) is 71.2 Å². The highest BCUT2D eigenvalue weighted by molar-refractivity contribution is 5.95. The fourth-order valence-corrected chi connectivity index (χ4v) is 4.38. The van der Waals surface area contributed by atoms with Crippen LogP contribution in [0.1, 0.15) is 27.3 Å². The van der Waals surface area contributed by atoms with Crippen molar-refractivity contribution in [2.45, 2.75) is 32.9 Å². The summed E-state index contributed by atoms with van der Waals surface area (Å²) in [7, 11) is 1.68. The number of aryl methyl sites for hydroxylation is 1. The number of nitrogens with one attached hydrogen (secondary N) is 2. The summed E-state index contributed by atoms with van der Waals surface area (Å²) in [6, 6.07) is 4.03. The Morgan fingerprint density at radius 3 is 2.82 bits per heavy atom. The van der Waals surface area contributed by atoms with Crippen molar-refractivity contribution in [2.24, 2.45) is 5.92 Å². The maximum Gasteiger partial charge on any atom is 0.322 e. The molecule has 2 aliphatic rings. The van der Waals surface area contributed by atoms with E-state index in [-0.39, 0.29) is 30.2 Å². The number of rotatable bonds is 5. The molecule has 0 aliphatic carbocycles. The fourth-order valence-electron chi connectivity index (χ4n) is 4.38. The molecule has 0 unspecified atom stereocenters. The highest BCUT2D eigenvalue weighted by Crippen LogP contribution is 2.27. The Kier molecular flexibility index (Phi) is 6.59. The first-order valence-corrected chi connectivity index (χ1v) is 10.9. The van der Waals surface area contributed by atoms with Crippen LogP contribution < -0.4 is 10.6 Å². The van der Waals surface area contributed by atoms with Crippen molar-refractivity contribution in [1.29, 1.82) is 0 Å². The quantitative estimate of drug-likeness (QED) is 0.713. The van der Waals surface area contributed by atoms with Crippen LogP contribution in [0.3, 0.4) is 0 Å². The molecule has 2 aliphatic heterocycles. The first-order valence-electron chi connectivity index (χ1n) is 10.9. The summed E-state index contributed by atoms with van der Waals surface area (Å²) in [4.78, 5) is 29.1. The van der Waals surface area contributed by atoms with E-state index in [4.69, 9.17) is 0 Å². The number of carbonyl (C=O) groups is 2. The Bertz CT molecular complexity index is 1060. The minimum absolute atomic E-state index is 0.0681. The van der Waals surface area contributed by atoms with Crippen LogP contribution in [0.15, 0.2) is 18.2 Å². The first-order chi connectivity index (χ1) is 15.7. The third kappa shape index (κ3) is 4.97. The molecule has 0 saturated heterocycles. The van der Waals surface area contributed by atoms with E-state index in [2.05, 4.69) is 15.7 Å². The van der Waals surface area contributed by atoms with Crippen molar-refractivity contribution < 1.29 is 22.8 Å². The summed E-state index contributed by atoms with van der Waals surface area (Å²) in [6.45, 7) is 3.07. The molecule has 11 heteroatoms. The minimum atomic E-state index is -2.43. The van der Waals surface area contributed by atoms with Crippen LogP contribution in [0.5, 0.6) is 0 Å². The van der Waals surface area contributed by atoms with Crippen molar-refractivity contribution >= 4 is 17.6 Å². The molecule has 3 heterocycles. The lowest BCUT2D eigenvalue weighted by Gasteiger charge is -2.27. The molecule has 1 aromatic heterocycles. The molecular formula is C22H27F3N6O2. The number of hydrogen-bond acceptors (Lipinski definition) is 4. The van der Waals surface area contributed by atoms with Crippen molar-refractivity contribution in [2.75, 3.05) is 38.5 Å². The lowest BCUT2D eigenvalue weighted by atomic mass is 10.0. The molecule has 1 atom stereocenters. The second-order valence-corrected chi connectivity index (χ2v) is 8.62. The highest BCUT2D eigenvalue weighted by atomic mass is 19.3. The highest BCUT2D eigenvalue weighted by Gasteiger charge is 2.34. The number of urea groups is 1. The zero-order valence-electron chi connectivity index (χ0n) is 18.6. The predicted octanol–water partition coefficient (Wildman–Crippen LogP) is 2.48. The van der Waals surface area contributed by atoms with Gasteiger partial charge >= 0.3 is 6.03 Å². The molecule has 0 spiro atoms. The summed E-state index contributed by atoms with van der Waals surface area (Å²) in [5, 5.41) is 10.2. The van der Waals surface area contributed by atoms with Gasteiger partial charge in [-0.3, -0.25) is 9.48 Å². The summed E-state index contributed by atoms with van der Waals surface area (Å²) >= 11 is 0. The predicted molar refractivity (Wildman–Crippen MR) is 116 cm³/mol. The smallest absolute Gasteiger partial charge is 0.322 e. The monoisotopic (exact) mass is 464 g/mol. The van der Waals surface area contributed by atoms with E-state index < -0.39 is 13.0 Å². The van der Waals surface area contributed by atoms with Gasteiger partial charge in [0.25, 0.3) is 12.3 Å². The number of carbonyl (C=O) groups excluding carboxylic acids is 2.